The van der Waals surface area contributed by atoms with Crippen molar-refractivity contribution < 1.29 is 4.39 Å². The summed E-state index contributed by atoms with van der Waals surface area (Å²) in [5.74, 6) is 6.84. The highest BCUT2D eigenvalue weighted by Gasteiger charge is 2.15. The molecule has 3 N–H and O–H groups in total. The lowest BCUT2D eigenvalue weighted by atomic mass is 9.99. The summed E-state index contributed by atoms with van der Waals surface area (Å²) in [6.45, 7) is 4.39. The first-order chi connectivity index (χ1) is 8.17. The number of thioether (sulfide) groups is 1. The molecule has 2 nitrogen and oxygen atoms in total. The summed E-state index contributed by atoms with van der Waals surface area (Å²) in [4.78, 5) is 1.08. The molecule has 0 aromatic heterocycles. The molecule has 0 aliphatic rings. The van der Waals surface area contributed by atoms with Gasteiger partial charge in [-0.15, -0.1) is 11.8 Å². The van der Waals surface area contributed by atoms with Crippen molar-refractivity contribution in [2.24, 2.45) is 11.8 Å². The molecular weight excluding hydrogens is 235 g/mol. The van der Waals surface area contributed by atoms with E-state index in [4.69, 9.17) is 5.84 Å². The van der Waals surface area contributed by atoms with Gasteiger partial charge in [0.15, 0.2) is 0 Å². The Hall–Kier alpha value is -0.580. The molecule has 2 unspecified atom stereocenters. The van der Waals surface area contributed by atoms with Crippen molar-refractivity contribution in [3.63, 3.8) is 0 Å². The van der Waals surface area contributed by atoms with E-state index in [0.29, 0.717) is 12.0 Å². The lowest BCUT2D eigenvalue weighted by Gasteiger charge is -2.22. The van der Waals surface area contributed by atoms with Crippen LogP contribution in [0.2, 0.25) is 0 Å². The van der Waals surface area contributed by atoms with Gasteiger partial charge in [-0.3, -0.25) is 11.3 Å². The third-order valence-electron chi connectivity index (χ3n) is 2.89. The van der Waals surface area contributed by atoms with Crippen LogP contribution in [0.1, 0.15) is 26.7 Å². The van der Waals surface area contributed by atoms with Gasteiger partial charge in [0, 0.05) is 16.7 Å². The van der Waals surface area contributed by atoms with Crippen LogP contribution >= 0.6 is 11.8 Å². The Morgan fingerprint density at radius 2 is 2.00 bits per heavy atom. The van der Waals surface area contributed by atoms with E-state index in [1.807, 2.05) is 0 Å². The molecule has 4 heteroatoms. The van der Waals surface area contributed by atoms with Crippen molar-refractivity contribution >= 4 is 11.8 Å². The van der Waals surface area contributed by atoms with Crippen LogP contribution < -0.4 is 11.3 Å². The first-order valence-corrected chi connectivity index (χ1v) is 7.00. The summed E-state index contributed by atoms with van der Waals surface area (Å²) in [5, 5.41) is 0. The van der Waals surface area contributed by atoms with Crippen LogP contribution in [0.3, 0.4) is 0 Å². The van der Waals surface area contributed by atoms with Crippen molar-refractivity contribution in [3.8, 4) is 0 Å². The van der Waals surface area contributed by atoms with Gasteiger partial charge in [0.1, 0.15) is 5.82 Å². The molecule has 0 heterocycles. The Morgan fingerprint density at radius 3 is 2.53 bits per heavy atom. The largest absolute Gasteiger partial charge is 0.271 e. The molecule has 1 aromatic rings. The predicted molar refractivity (Wildman–Crippen MR) is 72.3 cm³/mol. The number of hydrogen-bond acceptors (Lipinski definition) is 3. The highest BCUT2D eigenvalue weighted by molar-refractivity contribution is 7.99. The maximum absolute atomic E-state index is 12.7. The second-order valence-electron chi connectivity index (χ2n) is 4.30. The van der Waals surface area contributed by atoms with Crippen molar-refractivity contribution in [3.05, 3.63) is 30.1 Å². The number of hydrazine groups is 1. The summed E-state index contributed by atoms with van der Waals surface area (Å²) < 4.78 is 12.7. The lowest BCUT2D eigenvalue weighted by molar-refractivity contribution is 0.387. The van der Waals surface area contributed by atoms with E-state index in [2.05, 4.69) is 19.3 Å². The number of rotatable bonds is 7. The predicted octanol–water partition coefficient (Wildman–Crippen LogP) is 3.19. The summed E-state index contributed by atoms with van der Waals surface area (Å²) in [6.07, 6.45) is 2.33. The number of hydrogen-bond donors (Lipinski definition) is 2. The van der Waals surface area contributed by atoms with Crippen LogP contribution in [-0.2, 0) is 0 Å². The zero-order valence-corrected chi connectivity index (χ0v) is 11.3. The number of benzene rings is 1. The van der Waals surface area contributed by atoms with E-state index in [1.54, 1.807) is 23.9 Å². The van der Waals surface area contributed by atoms with Crippen LogP contribution in [-0.4, -0.2) is 11.8 Å². The molecule has 0 fully saturated rings. The van der Waals surface area contributed by atoms with E-state index in [-0.39, 0.29) is 5.82 Å². The van der Waals surface area contributed by atoms with E-state index in [0.717, 1.165) is 10.6 Å². The fraction of sp³-hybridized carbons (Fsp3) is 0.538. The van der Waals surface area contributed by atoms with Gasteiger partial charge in [-0.2, -0.15) is 0 Å². The zero-order valence-electron chi connectivity index (χ0n) is 10.4. The van der Waals surface area contributed by atoms with Gasteiger partial charge in [-0.1, -0.05) is 20.3 Å². The van der Waals surface area contributed by atoms with Crippen LogP contribution in [0.15, 0.2) is 29.2 Å². The average Bonchev–Trinajstić information content (AvgIpc) is 2.32. The number of nitrogens with one attached hydrogen (secondary N) is 1. The molecule has 96 valence electrons. The smallest absolute Gasteiger partial charge is 0.123 e. The Balaban J connectivity index is 2.44. The Morgan fingerprint density at radius 1 is 1.35 bits per heavy atom. The number of halogens is 1. The second kappa shape index (κ2) is 7.69. The fourth-order valence-electron chi connectivity index (χ4n) is 1.75. The van der Waals surface area contributed by atoms with Crippen LogP contribution in [0.4, 0.5) is 4.39 Å². The van der Waals surface area contributed by atoms with Crippen LogP contribution in [0.25, 0.3) is 0 Å². The minimum Gasteiger partial charge on any atom is -0.271 e. The Labute approximate surface area is 107 Å². The van der Waals surface area contributed by atoms with E-state index < -0.39 is 0 Å². The van der Waals surface area contributed by atoms with E-state index >= 15 is 0 Å². The molecule has 17 heavy (non-hydrogen) atoms. The fourth-order valence-corrected chi connectivity index (χ4v) is 2.88. The molecule has 0 aliphatic heterocycles. The van der Waals surface area contributed by atoms with Gasteiger partial charge in [-0.05, 0) is 36.6 Å². The molecule has 0 saturated heterocycles. The van der Waals surface area contributed by atoms with Crippen molar-refractivity contribution in [1.29, 1.82) is 0 Å². The molecule has 0 aliphatic carbocycles. The highest BCUT2D eigenvalue weighted by Crippen LogP contribution is 2.22. The molecule has 0 radical (unpaired) electrons. The second-order valence-corrected chi connectivity index (χ2v) is 5.40. The highest BCUT2D eigenvalue weighted by atomic mass is 32.2. The Kier molecular flexibility index (Phi) is 6.55. The molecule has 0 spiro atoms. The maximum atomic E-state index is 12.7. The minimum absolute atomic E-state index is 0.192. The Bertz CT molecular complexity index is 316. The van der Waals surface area contributed by atoms with Gasteiger partial charge >= 0.3 is 0 Å². The topological polar surface area (TPSA) is 38.0 Å². The first kappa shape index (κ1) is 14.5. The molecule has 0 bridgehead atoms. The molecule has 0 amide bonds. The summed E-state index contributed by atoms with van der Waals surface area (Å²) >= 11 is 1.71. The molecule has 2 atom stereocenters. The van der Waals surface area contributed by atoms with E-state index in [9.17, 15) is 4.39 Å². The summed E-state index contributed by atoms with van der Waals surface area (Å²) in [7, 11) is 0. The molecule has 1 aromatic carbocycles. The van der Waals surface area contributed by atoms with Crippen molar-refractivity contribution in [2.45, 2.75) is 37.6 Å². The molecule has 0 saturated carbocycles. The van der Waals surface area contributed by atoms with Crippen LogP contribution in [0.5, 0.6) is 0 Å². The van der Waals surface area contributed by atoms with E-state index in [1.165, 1.54) is 25.0 Å². The van der Waals surface area contributed by atoms with Gasteiger partial charge in [0.05, 0.1) is 0 Å². The molecular formula is C13H21FN2S. The minimum atomic E-state index is -0.192. The lowest BCUT2D eigenvalue weighted by Crippen LogP contribution is -2.41. The zero-order chi connectivity index (χ0) is 12.7. The van der Waals surface area contributed by atoms with Gasteiger partial charge in [0.2, 0.25) is 0 Å². The van der Waals surface area contributed by atoms with Crippen LogP contribution in [0, 0.1) is 11.7 Å². The summed E-state index contributed by atoms with van der Waals surface area (Å²) in [5.41, 5.74) is 2.87. The van der Waals surface area contributed by atoms with Gasteiger partial charge in [0.25, 0.3) is 0 Å². The average molecular weight is 256 g/mol. The quantitative estimate of drug-likeness (QED) is 0.447. The van der Waals surface area contributed by atoms with Gasteiger partial charge in [-0.25, -0.2) is 4.39 Å². The normalized spacial score (nSPS) is 14.6. The summed E-state index contributed by atoms with van der Waals surface area (Å²) in [6, 6.07) is 6.88. The number of nitrogens with two attached hydrogens (primary N) is 1. The SMILES string of the molecule is CCCC(C)C(CSc1ccc(F)cc1)NN. The monoisotopic (exact) mass is 256 g/mol. The first-order valence-electron chi connectivity index (χ1n) is 6.01. The third kappa shape index (κ3) is 5.06. The van der Waals surface area contributed by atoms with Crippen molar-refractivity contribution in [2.75, 3.05) is 5.75 Å². The third-order valence-corrected chi connectivity index (χ3v) is 4.02. The standard InChI is InChI=1S/C13H21FN2S/c1-3-4-10(2)13(16-15)9-17-12-7-5-11(14)6-8-12/h5-8,10,13,16H,3-4,9,15H2,1-2H3. The maximum Gasteiger partial charge on any atom is 0.123 e. The molecule has 1 rings (SSSR count). The van der Waals surface area contributed by atoms with Crippen molar-refractivity contribution in [1.82, 2.24) is 5.43 Å². The van der Waals surface area contributed by atoms with Gasteiger partial charge < -0.3 is 0 Å².